The first-order valence-corrected chi connectivity index (χ1v) is 8.53. The molecule has 11 heteroatoms. The van der Waals surface area contributed by atoms with Gasteiger partial charge in [0.1, 0.15) is 11.7 Å². The summed E-state index contributed by atoms with van der Waals surface area (Å²) in [5.74, 6) is -1.21. The zero-order chi connectivity index (χ0) is 21.6. The number of hydrazine groups is 1. The van der Waals surface area contributed by atoms with Crippen molar-refractivity contribution in [2.75, 3.05) is 5.43 Å². The smallest absolute Gasteiger partial charge is 0.344 e. The van der Waals surface area contributed by atoms with Crippen molar-refractivity contribution in [2.24, 2.45) is 11.8 Å². The van der Waals surface area contributed by atoms with Crippen molar-refractivity contribution < 1.29 is 27.7 Å². The van der Waals surface area contributed by atoms with Crippen LogP contribution in [-0.2, 0) is 15.8 Å². The maximum atomic E-state index is 12.7. The summed E-state index contributed by atoms with van der Waals surface area (Å²) in [4.78, 5) is 34.3. The topological polar surface area (TPSA) is 113 Å². The average Bonchev–Trinajstić information content (AvgIpc) is 2.55. The molecule has 0 saturated heterocycles. The molecule has 1 atom stereocenters. The van der Waals surface area contributed by atoms with Crippen LogP contribution in [0.3, 0.4) is 0 Å². The van der Waals surface area contributed by atoms with Gasteiger partial charge in [-0.2, -0.15) is 13.2 Å². The molecule has 0 aliphatic rings. The standard InChI is InChI=1S/C17H23F3N4O4/c1-9(2)7-14(25)21-15(10(3)4)16(26)23-22-12-6-5-11(17(18,19)20)8-13(12)24(27)28/h5-6,8-10,15,22H,7H2,1-4H3,(H,21,25)(H,23,26). The van der Waals surface area contributed by atoms with Gasteiger partial charge < -0.3 is 5.32 Å². The quantitative estimate of drug-likeness (QED) is 0.455. The molecule has 0 saturated carbocycles. The zero-order valence-electron chi connectivity index (χ0n) is 15.9. The number of hydrogen-bond acceptors (Lipinski definition) is 5. The number of nitro groups is 1. The van der Waals surface area contributed by atoms with Crippen LogP contribution in [0.15, 0.2) is 18.2 Å². The second kappa shape index (κ2) is 9.38. The van der Waals surface area contributed by atoms with E-state index in [0.29, 0.717) is 12.1 Å². The molecule has 156 valence electrons. The molecular weight excluding hydrogens is 381 g/mol. The summed E-state index contributed by atoms with van der Waals surface area (Å²) in [6, 6.07) is 0.959. The first-order valence-electron chi connectivity index (χ1n) is 8.53. The van der Waals surface area contributed by atoms with E-state index in [2.05, 4.69) is 16.2 Å². The number of rotatable bonds is 8. The fraction of sp³-hybridized carbons (Fsp3) is 0.529. The molecule has 0 fully saturated rings. The maximum Gasteiger partial charge on any atom is 0.416 e. The molecule has 0 spiro atoms. The van der Waals surface area contributed by atoms with Crippen molar-refractivity contribution in [2.45, 2.75) is 46.3 Å². The Morgan fingerprint density at radius 3 is 2.25 bits per heavy atom. The molecule has 28 heavy (non-hydrogen) atoms. The summed E-state index contributed by atoms with van der Waals surface area (Å²) < 4.78 is 38.2. The molecule has 0 aliphatic heterocycles. The lowest BCUT2D eigenvalue weighted by Gasteiger charge is -2.22. The third-order valence-electron chi connectivity index (χ3n) is 3.70. The number of carbonyl (C=O) groups excluding carboxylic acids is 2. The number of nitrogens with one attached hydrogen (secondary N) is 3. The van der Waals surface area contributed by atoms with Crippen LogP contribution in [-0.4, -0.2) is 22.8 Å². The molecule has 0 radical (unpaired) electrons. The number of benzene rings is 1. The first kappa shape index (κ1) is 23.2. The van der Waals surface area contributed by atoms with E-state index < -0.39 is 34.3 Å². The SMILES string of the molecule is CC(C)CC(=O)NC(C(=O)NNc1ccc(C(F)(F)F)cc1[N+](=O)[O-])C(C)C. The highest BCUT2D eigenvalue weighted by molar-refractivity contribution is 5.88. The minimum atomic E-state index is -4.74. The van der Waals surface area contributed by atoms with Crippen molar-refractivity contribution in [3.8, 4) is 0 Å². The molecule has 0 bridgehead atoms. The van der Waals surface area contributed by atoms with Crippen LogP contribution in [0.5, 0.6) is 0 Å². The van der Waals surface area contributed by atoms with Crippen LogP contribution in [0.25, 0.3) is 0 Å². The fourth-order valence-corrected chi connectivity index (χ4v) is 2.31. The van der Waals surface area contributed by atoms with E-state index in [1.165, 1.54) is 0 Å². The predicted octanol–water partition coefficient (Wildman–Crippen LogP) is 3.24. The molecule has 1 rings (SSSR count). The highest BCUT2D eigenvalue weighted by atomic mass is 19.4. The molecule has 0 heterocycles. The van der Waals surface area contributed by atoms with Crippen LogP contribution in [0.1, 0.15) is 39.7 Å². The Labute approximate surface area is 160 Å². The number of nitro benzene ring substituents is 1. The summed E-state index contributed by atoms with van der Waals surface area (Å²) in [5, 5.41) is 13.6. The predicted molar refractivity (Wildman–Crippen MR) is 96.1 cm³/mol. The minimum absolute atomic E-state index is 0.0868. The van der Waals surface area contributed by atoms with Gasteiger partial charge >= 0.3 is 6.18 Å². The number of carbonyl (C=O) groups is 2. The fourth-order valence-electron chi connectivity index (χ4n) is 2.31. The Bertz CT molecular complexity index is 736. The molecule has 1 aromatic rings. The van der Waals surface area contributed by atoms with E-state index >= 15 is 0 Å². The van der Waals surface area contributed by atoms with Gasteiger partial charge in [-0.1, -0.05) is 27.7 Å². The number of amides is 2. The summed E-state index contributed by atoms with van der Waals surface area (Å²) in [6.07, 6.45) is -4.52. The number of halogens is 3. The third-order valence-corrected chi connectivity index (χ3v) is 3.70. The van der Waals surface area contributed by atoms with Crippen molar-refractivity contribution in [3.63, 3.8) is 0 Å². The van der Waals surface area contributed by atoms with E-state index in [0.717, 1.165) is 6.07 Å². The number of hydrogen-bond donors (Lipinski definition) is 3. The lowest BCUT2D eigenvalue weighted by molar-refractivity contribution is -0.384. The van der Waals surface area contributed by atoms with E-state index in [4.69, 9.17) is 0 Å². The van der Waals surface area contributed by atoms with Crippen molar-refractivity contribution in [3.05, 3.63) is 33.9 Å². The normalized spacial score (nSPS) is 12.6. The second-order valence-corrected chi connectivity index (χ2v) is 6.99. The number of nitrogens with zero attached hydrogens (tertiary/aromatic N) is 1. The molecule has 0 aromatic heterocycles. The highest BCUT2D eigenvalue weighted by Crippen LogP contribution is 2.34. The molecule has 1 unspecified atom stereocenters. The lowest BCUT2D eigenvalue weighted by atomic mass is 10.0. The van der Waals surface area contributed by atoms with Crippen LogP contribution < -0.4 is 16.2 Å². The van der Waals surface area contributed by atoms with Crippen LogP contribution >= 0.6 is 0 Å². The van der Waals surface area contributed by atoms with Crippen LogP contribution in [0.4, 0.5) is 24.5 Å². The van der Waals surface area contributed by atoms with Gasteiger partial charge in [0.15, 0.2) is 0 Å². The van der Waals surface area contributed by atoms with Gasteiger partial charge in [0.2, 0.25) is 5.91 Å². The van der Waals surface area contributed by atoms with Crippen molar-refractivity contribution in [1.82, 2.24) is 10.7 Å². The largest absolute Gasteiger partial charge is 0.416 e. The Morgan fingerprint density at radius 2 is 1.79 bits per heavy atom. The molecular formula is C17H23F3N4O4. The van der Waals surface area contributed by atoms with Gasteiger partial charge in [-0.3, -0.25) is 30.6 Å². The van der Waals surface area contributed by atoms with Gasteiger partial charge in [-0.25, -0.2) is 0 Å². The number of alkyl halides is 3. The third kappa shape index (κ3) is 6.71. The van der Waals surface area contributed by atoms with E-state index in [-0.39, 0.29) is 29.9 Å². The average molecular weight is 404 g/mol. The Hall–Kier alpha value is -2.85. The molecule has 2 amide bonds. The van der Waals surface area contributed by atoms with E-state index in [9.17, 15) is 32.9 Å². The Morgan fingerprint density at radius 1 is 1.18 bits per heavy atom. The minimum Gasteiger partial charge on any atom is -0.344 e. The summed E-state index contributed by atoms with van der Waals surface area (Å²) in [6.45, 7) is 7.08. The first-order chi connectivity index (χ1) is 12.8. The van der Waals surface area contributed by atoms with Gasteiger partial charge in [-0.15, -0.1) is 0 Å². The summed E-state index contributed by atoms with van der Waals surface area (Å²) >= 11 is 0. The molecule has 0 aliphatic carbocycles. The van der Waals surface area contributed by atoms with Crippen molar-refractivity contribution >= 4 is 23.2 Å². The van der Waals surface area contributed by atoms with Gasteiger partial charge in [0, 0.05) is 12.5 Å². The Balaban J connectivity index is 2.92. The number of anilines is 1. The molecule has 3 N–H and O–H groups in total. The monoisotopic (exact) mass is 404 g/mol. The van der Waals surface area contributed by atoms with Crippen LogP contribution in [0, 0.1) is 22.0 Å². The maximum absolute atomic E-state index is 12.7. The van der Waals surface area contributed by atoms with Crippen LogP contribution in [0.2, 0.25) is 0 Å². The van der Waals surface area contributed by atoms with E-state index in [1.54, 1.807) is 13.8 Å². The lowest BCUT2D eigenvalue weighted by Crippen LogP contribution is -2.51. The molecule has 8 nitrogen and oxygen atoms in total. The van der Waals surface area contributed by atoms with E-state index in [1.807, 2.05) is 13.8 Å². The Kier molecular flexibility index (Phi) is 7.77. The van der Waals surface area contributed by atoms with Gasteiger partial charge in [-0.05, 0) is 24.0 Å². The van der Waals surface area contributed by atoms with Gasteiger partial charge in [0.25, 0.3) is 11.6 Å². The van der Waals surface area contributed by atoms with Gasteiger partial charge in [0.05, 0.1) is 10.5 Å². The second-order valence-electron chi connectivity index (χ2n) is 6.99. The highest BCUT2D eigenvalue weighted by Gasteiger charge is 2.33. The summed E-state index contributed by atoms with van der Waals surface area (Å²) in [7, 11) is 0. The molecule has 1 aromatic carbocycles. The zero-order valence-corrected chi connectivity index (χ0v) is 15.9. The summed E-state index contributed by atoms with van der Waals surface area (Å²) in [5.41, 5.74) is 2.12. The van der Waals surface area contributed by atoms with Crippen molar-refractivity contribution in [1.29, 1.82) is 0 Å².